The number of aromatic nitrogens is 2. The lowest BCUT2D eigenvalue weighted by atomic mass is 10.2. The number of nitrogens with two attached hydrogens (primary N) is 1. The summed E-state index contributed by atoms with van der Waals surface area (Å²) >= 11 is 3.36. The lowest BCUT2D eigenvalue weighted by Crippen LogP contribution is -2.04. The maximum Gasteiger partial charge on any atom is 0.206 e. The number of hydrogen-bond acceptors (Lipinski definition) is 2. The van der Waals surface area contributed by atoms with Crippen LogP contribution in [0.1, 0.15) is 5.56 Å². The van der Waals surface area contributed by atoms with Crippen LogP contribution in [0.4, 0.5) is 10.3 Å². The number of benzene rings is 2. The molecule has 19 heavy (non-hydrogen) atoms. The summed E-state index contributed by atoms with van der Waals surface area (Å²) in [5.41, 5.74) is 8.93. The molecule has 3 rings (SSSR count). The van der Waals surface area contributed by atoms with Crippen LogP contribution in [0.2, 0.25) is 0 Å². The molecule has 0 unspecified atom stereocenters. The highest BCUT2D eigenvalue weighted by Gasteiger charge is 2.16. The molecule has 2 aromatic carbocycles. The van der Waals surface area contributed by atoms with Crippen molar-refractivity contribution in [1.29, 1.82) is 0 Å². The van der Waals surface area contributed by atoms with Gasteiger partial charge in [-0.05, 0) is 52.7 Å². The van der Waals surface area contributed by atoms with Crippen molar-refractivity contribution >= 4 is 32.9 Å². The van der Waals surface area contributed by atoms with Gasteiger partial charge in [-0.15, -0.1) is 0 Å². The van der Waals surface area contributed by atoms with Gasteiger partial charge in [0, 0.05) is 4.47 Å². The van der Waals surface area contributed by atoms with Crippen LogP contribution in [0.3, 0.4) is 0 Å². The molecule has 96 valence electrons. The van der Waals surface area contributed by atoms with Crippen LogP contribution in [0, 0.1) is 12.7 Å². The molecule has 0 spiro atoms. The van der Waals surface area contributed by atoms with Crippen LogP contribution in [-0.4, -0.2) is 9.55 Å². The predicted molar refractivity (Wildman–Crippen MR) is 77.9 cm³/mol. The molecular weight excluding hydrogens is 309 g/mol. The molecule has 0 aliphatic carbocycles. The first-order valence-corrected chi connectivity index (χ1v) is 6.56. The molecule has 3 nitrogen and oxygen atoms in total. The Kier molecular flexibility index (Phi) is 2.78. The summed E-state index contributed by atoms with van der Waals surface area (Å²) in [5, 5.41) is 0. The number of para-hydroxylation sites is 1. The van der Waals surface area contributed by atoms with Crippen LogP contribution in [0.25, 0.3) is 16.7 Å². The van der Waals surface area contributed by atoms with Gasteiger partial charge in [0.05, 0.1) is 16.7 Å². The minimum absolute atomic E-state index is 0.270. The summed E-state index contributed by atoms with van der Waals surface area (Å²) in [6.45, 7) is 1.98. The van der Waals surface area contributed by atoms with Crippen molar-refractivity contribution in [3.8, 4) is 5.69 Å². The van der Waals surface area contributed by atoms with Gasteiger partial charge in [0.1, 0.15) is 5.82 Å². The third-order valence-corrected chi connectivity index (χ3v) is 3.64. The number of nitrogen functional groups attached to an aromatic ring is 1. The Balaban J connectivity index is 2.42. The second kappa shape index (κ2) is 4.35. The molecule has 1 heterocycles. The van der Waals surface area contributed by atoms with Crippen molar-refractivity contribution in [1.82, 2.24) is 9.55 Å². The number of halogens is 2. The summed E-state index contributed by atoms with van der Waals surface area (Å²) in [6.07, 6.45) is 0. The van der Waals surface area contributed by atoms with Crippen molar-refractivity contribution in [3.05, 3.63) is 52.3 Å². The highest BCUT2D eigenvalue weighted by atomic mass is 79.9. The van der Waals surface area contributed by atoms with Crippen molar-refractivity contribution in [2.24, 2.45) is 0 Å². The van der Waals surface area contributed by atoms with Crippen molar-refractivity contribution in [2.45, 2.75) is 6.92 Å². The maximum absolute atomic E-state index is 14.1. The van der Waals surface area contributed by atoms with E-state index in [1.165, 1.54) is 6.07 Å². The molecule has 0 aliphatic rings. The van der Waals surface area contributed by atoms with Gasteiger partial charge < -0.3 is 5.73 Å². The molecule has 0 fully saturated rings. The molecule has 0 bridgehead atoms. The average molecular weight is 320 g/mol. The van der Waals surface area contributed by atoms with E-state index in [1.54, 1.807) is 16.7 Å². The first-order chi connectivity index (χ1) is 9.08. The third-order valence-electron chi connectivity index (χ3n) is 3.00. The number of rotatable bonds is 1. The number of nitrogens with zero attached hydrogens (tertiary/aromatic N) is 2. The molecule has 0 saturated heterocycles. The molecule has 0 aliphatic heterocycles. The van der Waals surface area contributed by atoms with E-state index in [0.717, 1.165) is 16.6 Å². The molecule has 1 aromatic heterocycles. The standard InChI is InChI=1S/C14H11BrFN3/c1-8-5-6-11-12(7-8)19(14(17)18-11)13-9(15)3-2-4-10(13)16/h2-7H,1H3,(H2,17,18). The van der Waals surface area contributed by atoms with Crippen molar-refractivity contribution in [2.75, 3.05) is 5.73 Å². The van der Waals surface area contributed by atoms with E-state index < -0.39 is 0 Å². The third kappa shape index (κ3) is 1.90. The van der Waals surface area contributed by atoms with E-state index >= 15 is 0 Å². The number of hydrogen-bond donors (Lipinski definition) is 1. The molecule has 0 radical (unpaired) electrons. The van der Waals surface area contributed by atoms with Crippen LogP contribution >= 0.6 is 15.9 Å². The van der Waals surface area contributed by atoms with Gasteiger partial charge in [0.15, 0.2) is 0 Å². The summed E-state index contributed by atoms with van der Waals surface area (Å²) in [4.78, 5) is 4.27. The quantitative estimate of drug-likeness (QED) is 0.741. The van der Waals surface area contributed by atoms with Gasteiger partial charge in [-0.2, -0.15) is 0 Å². The van der Waals surface area contributed by atoms with E-state index in [2.05, 4.69) is 20.9 Å². The van der Waals surface area contributed by atoms with Crippen LogP contribution in [0.15, 0.2) is 40.9 Å². The highest BCUT2D eigenvalue weighted by molar-refractivity contribution is 9.10. The molecular formula is C14H11BrFN3. The van der Waals surface area contributed by atoms with E-state index in [0.29, 0.717) is 10.2 Å². The zero-order chi connectivity index (χ0) is 13.6. The van der Waals surface area contributed by atoms with E-state index in [1.807, 2.05) is 25.1 Å². The van der Waals surface area contributed by atoms with E-state index in [4.69, 9.17) is 5.73 Å². The Bertz CT molecular complexity index is 759. The molecule has 0 atom stereocenters. The lowest BCUT2D eigenvalue weighted by Gasteiger charge is -2.10. The largest absolute Gasteiger partial charge is 0.369 e. The number of fused-ring (bicyclic) bond motifs is 1. The first-order valence-electron chi connectivity index (χ1n) is 5.77. The second-order valence-electron chi connectivity index (χ2n) is 4.37. The number of aryl methyl sites for hydroxylation is 1. The predicted octanol–water partition coefficient (Wildman–Crippen LogP) is 3.82. The average Bonchev–Trinajstić information content (AvgIpc) is 2.66. The Morgan fingerprint density at radius 3 is 2.79 bits per heavy atom. The first kappa shape index (κ1) is 12.2. The Morgan fingerprint density at radius 2 is 2.05 bits per heavy atom. The van der Waals surface area contributed by atoms with E-state index in [9.17, 15) is 4.39 Å². The molecule has 0 saturated carbocycles. The van der Waals surface area contributed by atoms with Gasteiger partial charge in [-0.25, -0.2) is 9.37 Å². The van der Waals surface area contributed by atoms with Gasteiger partial charge in [0.25, 0.3) is 0 Å². The van der Waals surface area contributed by atoms with E-state index in [-0.39, 0.29) is 11.8 Å². The fourth-order valence-corrected chi connectivity index (χ4v) is 2.66. The monoisotopic (exact) mass is 319 g/mol. The second-order valence-corrected chi connectivity index (χ2v) is 5.22. The topological polar surface area (TPSA) is 43.8 Å². The molecule has 0 amide bonds. The normalized spacial score (nSPS) is 11.1. The smallest absolute Gasteiger partial charge is 0.206 e. The summed E-state index contributed by atoms with van der Waals surface area (Å²) < 4.78 is 16.4. The highest BCUT2D eigenvalue weighted by Crippen LogP contribution is 2.30. The minimum Gasteiger partial charge on any atom is -0.369 e. The molecule has 5 heteroatoms. The SMILES string of the molecule is Cc1ccc2nc(N)n(-c3c(F)cccc3Br)c2c1. The number of imidazole rings is 1. The summed E-state index contributed by atoms with van der Waals surface area (Å²) in [6, 6.07) is 10.6. The fourth-order valence-electron chi connectivity index (χ4n) is 2.14. The van der Waals surface area contributed by atoms with Gasteiger partial charge in [-0.3, -0.25) is 4.57 Å². The van der Waals surface area contributed by atoms with Gasteiger partial charge in [-0.1, -0.05) is 12.1 Å². The Morgan fingerprint density at radius 1 is 1.26 bits per heavy atom. The van der Waals surface area contributed by atoms with Crippen LogP contribution in [0.5, 0.6) is 0 Å². The van der Waals surface area contributed by atoms with Crippen LogP contribution in [-0.2, 0) is 0 Å². The number of anilines is 1. The molecule has 2 N–H and O–H groups in total. The summed E-state index contributed by atoms with van der Waals surface area (Å²) in [7, 11) is 0. The Labute approximate surface area is 118 Å². The fraction of sp³-hybridized carbons (Fsp3) is 0.0714. The van der Waals surface area contributed by atoms with Gasteiger partial charge in [0.2, 0.25) is 5.95 Å². The van der Waals surface area contributed by atoms with Crippen molar-refractivity contribution in [3.63, 3.8) is 0 Å². The zero-order valence-corrected chi connectivity index (χ0v) is 11.8. The zero-order valence-electron chi connectivity index (χ0n) is 10.2. The van der Waals surface area contributed by atoms with Gasteiger partial charge >= 0.3 is 0 Å². The summed E-state index contributed by atoms with van der Waals surface area (Å²) in [5.74, 6) is -0.0757. The Hall–Kier alpha value is -1.88. The minimum atomic E-state index is -0.345. The maximum atomic E-state index is 14.1. The lowest BCUT2D eigenvalue weighted by molar-refractivity contribution is 0.619. The molecule has 3 aromatic rings. The van der Waals surface area contributed by atoms with Crippen LogP contribution < -0.4 is 5.73 Å². The van der Waals surface area contributed by atoms with Crippen molar-refractivity contribution < 1.29 is 4.39 Å².